The molecule has 0 unspecified atom stereocenters. The minimum Gasteiger partial charge on any atom is -0.461 e. The molecule has 2 rings (SSSR count). The fourth-order valence-electron chi connectivity index (χ4n) is 2.66. The number of carbonyl (C=O) groups excluding carboxylic acids is 2. The molecule has 1 aromatic heterocycles. The van der Waals surface area contributed by atoms with Crippen LogP contribution in [-0.2, 0) is 19.1 Å². The minimum absolute atomic E-state index is 0.144. The van der Waals surface area contributed by atoms with Crippen LogP contribution >= 0.6 is 23.2 Å². The van der Waals surface area contributed by atoms with Gasteiger partial charge in [0.15, 0.2) is 0 Å². The van der Waals surface area contributed by atoms with Crippen LogP contribution in [-0.4, -0.2) is 40.3 Å². The molecule has 3 N–H and O–H groups in total. The third-order valence-electron chi connectivity index (χ3n) is 4.02. The van der Waals surface area contributed by atoms with E-state index in [4.69, 9.17) is 42.8 Å². The first kappa shape index (κ1) is 24.9. The summed E-state index contributed by atoms with van der Waals surface area (Å²) in [6.45, 7) is 8.25. The normalized spacial score (nSPS) is 14.4. The second-order valence-electron chi connectivity index (χ2n) is 7.62. The van der Waals surface area contributed by atoms with E-state index in [0.717, 1.165) is 0 Å². The molecule has 0 saturated heterocycles. The van der Waals surface area contributed by atoms with Crippen molar-refractivity contribution in [2.45, 2.75) is 38.5 Å². The van der Waals surface area contributed by atoms with Gasteiger partial charge in [0, 0.05) is 5.56 Å². The number of esters is 2. The molecule has 2 aromatic rings. The van der Waals surface area contributed by atoms with Crippen molar-refractivity contribution in [3.63, 3.8) is 0 Å². The van der Waals surface area contributed by atoms with Crippen molar-refractivity contribution in [1.82, 2.24) is 4.98 Å². The first-order valence-electron chi connectivity index (χ1n) is 9.30. The van der Waals surface area contributed by atoms with Gasteiger partial charge in [0.2, 0.25) is 5.89 Å². The van der Waals surface area contributed by atoms with Gasteiger partial charge in [0.1, 0.15) is 42.2 Å². The van der Waals surface area contributed by atoms with E-state index in [1.165, 1.54) is 12.3 Å². The number of aromatic nitrogens is 1. The maximum atomic E-state index is 12.6. The van der Waals surface area contributed by atoms with Crippen LogP contribution in [0.25, 0.3) is 11.3 Å². The maximum absolute atomic E-state index is 12.6. The van der Waals surface area contributed by atoms with Gasteiger partial charge in [-0.3, -0.25) is 9.59 Å². The molecule has 0 fully saturated rings. The molecule has 0 spiro atoms. The molecule has 3 atom stereocenters. The Labute approximate surface area is 189 Å². The summed E-state index contributed by atoms with van der Waals surface area (Å²) in [7, 11) is 0. The summed E-state index contributed by atoms with van der Waals surface area (Å²) in [5.74, 6) is -3.66. The molecule has 0 amide bonds. The Bertz CT molecular complexity index is 933. The standard InChI is InChI=1S/C21H24Cl2N2O6/c1-5-9-29-19(27)15(16(24)20(28)31-21(2,3)4)17(26)18-25-13(10-30-18)14-11(22)7-6-8-12(14)23/h5-8,10,15-17,26H,1,9,24H2,2-4H3/t15-,16+,17-/m0/s1. The average molecular weight is 471 g/mol. The highest BCUT2D eigenvalue weighted by Gasteiger charge is 2.42. The molecule has 8 nitrogen and oxygen atoms in total. The number of hydrogen-bond donors (Lipinski definition) is 2. The van der Waals surface area contributed by atoms with Gasteiger partial charge in [-0.15, -0.1) is 0 Å². The number of carbonyl (C=O) groups is 2. The smallest absolute Gasteiger partial charge is 0.324 e. The Morgan fingerprint density at radius 3 is 2.45 bits per heavy atom. The summed E-state index contributed by atoms with van der Waals surface area (Å²) >= 11 is 12.4. The van der Waals surface area contributed by atoms with Crippen LogP contribution in [0.1, 0.15) is 32.8 Å². The molecule has 1 heterocycles. The summed E-state index contributed by atoms with van der Waals surface area (Å²) in [6.07, 6.45) is 0.842. The molecule has 31 heavy (non-hydrogen) atoms. The van der Waals surface area contributed by atoms with Crippen LogP contribution in [0, 0.1) is 5.92 Å². The molecule has 0 aliphatic carbocycles. The zero-order valence-electron chi connectivity index (χ0n) is 17.3. The van der Waals surface area contributed by atoms with E-state index >= 15 is 0 Å². The number of benzene rings is 1. The molecular formula is C21H24Cl2N2O6. The lowest BCUT2D eigenvalue weighted by Crippen LogP contribution is -2.48. The average Bonchev–Trinajstić information content (AvgIpc) is 3.14. The number of oxazole rings is 1. The van der Waals surface area contributed by atoms with E-state index in [9.17, 15) is 14.7 Å². The Morgan fingerprint density at radius 1 is 1.29 bits per heavy atom. The van der Waals surface area contributed by atoms with E-state index in [1.807, 2.05) is 0 Å². The van der Waals surface area contributed by atoms with E-state index < -0.39 is 35.6 Å². The highest BCUT2D eigenvalue weighted by Crippen LogP contribution is 2.35. The predicted molar refractivity (Wildman–Crippen MR) is 115 cm³/mol. The van der Waals surface area contributed by atoms with Gasteiger partial charge in [-0.2, -0.15) is 0 Å². The highest BCUT2D eigenvalue weighted by atomic mass is 35.5. The molecule has 1 aromatic carbocycles. The van der Waals surface area contributed by atoms with Crippen molar-refractivity contribution in [2.75, 3.05) is 6.61 Å². The fraction of sp³-hybridized carbons (Fsp3) is 0.381. The molecule has 10 heteroatoms. The SMILES string of the molecule is C=CCOC(=O)[C@H]([C@H](O)c1nc(-c2c(Cl)cccc2Cl)co1)[C@@H](N)C(=O)OC(C)(C)C. The summed E-state index contributed by atoms with van der Waals surface area (Å²) < 4.78 is 15.6. The summed E-state index contributed by atoms with van der Waals surface area (Å²) in [5, 5.41) is 11.5. The van der Waals surface area contributed by atoms with E-state index in [0.29, 0.717) is 15.6 Å². The van der Waals surface area contributed by atoms with Crippen molar-refractivity contribution in [1.29, 1.82) is 0 Å². The number of halogens is 2. The van der Waals surface area contributed by atoms with Crippen molar-refractivity contribution < 1.29 is 28.6 Å². The van der Waals surface area contributed by atoms with Crippen LogP contribution < -0.4 is 5.73 Å². The summed E-state index contributed by atoms with van der Waals surface area (Å²) in [6, 6.07) is 3.34. The first-order valence-corrected chi connectivity index (χ1v) is 10.1. The van der Waals surface area contributed by atoms with E-state index in [-0.39, 0.29) is 18.2 Å². The van der Waals surface area contributed by atoms with Crippen LogP contribution in [0.5, 0.6) is 0 Å². The Kier molecular flexibility index (Phi) is 8.25. The lowest BCUT2D eigenvalue weighted by molar-refractivity contribution is -0.167. The van der Waals surface area contributed by atoms with Gasteiger partial charge in [-0.25, -0.2) is 4.98 Å². The molecule has 0 saturated carbocycles. The number of rotatable bonds is 8. The molecule has 0 radical (unpaired) electrons. The van der Waals surface area contributed by atoms with Gasteiger partial charge >= 0.3 is 11.9 Å². The van der Waals surface area contributed by atoms with Crippen LogP contribution in [0.4, 0.5) is 0 Å². The summed E-state index contributed by atoms with van der Waals surface area (Å²) in [4.78, 5) is 29.2. The number of hydrogen-bond acceptors (Lipinski definition) is 8. The maximum Gasteiger partial charge on any atom is 0.324 e. The Morgan fingerprint density at radius 2 is 1.90 bits per heavy atom. The van der Waals surface area contributed by atoms with Crippen molar-refractivity contribution in [3.05, 3.63) is 53.1 Å². The highest BCUT2D eigenvalue weighted by molar-refractivity contribution is 6.39. The van der Waals surface area contributed by atoms with Crippen molar-refractivity contribution in [2.24, 2.45) is 11.7 Å². The third-order valence-corrected chi connectivity index (χ3v) is 4.65. The van der Waals surface area contributed by atoms with Gasteiger partial charge in [-0.1, -0.05) is 41.9 Å². The largest absolute Gasteiger partial charge is 0.461 e. The van der Waals surface area contributed by atoms with Crippen LogP contribution in [0.3, 0.4) is 0 Å². The van der Waals surface area contributed by atoms with Gasteiger partial charge in [-0.05, 0) is 32.9 Å². The van der Waals surface area contributed by atoms with Crippen molar-refractivity contribution in [3.8, 4) is 11.3 Å². The number of aliphatic hydroxyl groups is 1. The van der Waals surface area contributed by atoms with Crippen molar-refractivity contribution >= 4 is 35.1 Å². The topological polar surface area (TPSA) is 125 Å². The zero-order chi connectivity index (χ0) is 23.3. The quantitative estimate of drug-likeness (QED) is 0.441. The Hall–Kier alpha value is -2.39. The Balaban J connectivity index is 2.38. The van der Waals surface area contributed by atoms with E-state index in [2.05, 4.69) is 11.6 Å². The zero-order valence-corrected chi connectivity index (χ0v) is 18.8. The van der Waals surface area contributed by atoms with Gasteiger partial charge in [0.25, 0.3) is 0 Å². The molecule has 0 aliphatic heterocycles. The number of aliphatic hydroxyl groups excluding tert-OH is 1. The molecule has 168 valence electrons. The van der Waals surface area contributed by atoms with Gasteiger partial charge < -0.3 is 24.7 Å². The van der Waals surface area contributed by atoms with Crippen LogP contribution in [0.15, 0.2) is 41.5 Å². The second-order valence-corrected chi connectivity index (χ2v) is 8.43. The fourth-order valence-corrected chi connectivity index (χ4v) is 3.25. The first-order chi connectivity index (χ1) is 14.5. The minimum atomic E-state index is -1.71. The van der Waals surface area contributed by atoms with Crippen LogP contribution in [0.2, 0.25) is 10.0 Å². The van der Waals surface area contributed by atoms with E-state index in [1.54, 1.807) is 39.0 Å². The second kappa shape index (κ2) is 10.3. The predicted octanol–water partition coefficient (Wildman–Crippen LogP) is 3.70. The molecule has 0 bridgehead atoms. The monoisotopic (exact) mass is 470 g/mol. The lowest BCUT2D eigenvalue weighted by Gasteiger charge is -2.27. The molecular weight excluding hydrogens is 447 g/mol. The lowest BCUT2D eigenvalue weighted by atomic mass is 9.93. The number of nitrogens with two attached hydrogens (primary N) is 1. The molecule has 0 aliphatic rings. The number of nitrogens with zero attached hydrogens (tertiary/aromatic N) is 1. The van der Waals surface area contributed by atoms with Gasteiger partial charge in [0.05, 0.1) is 10.0 Å². The summed E-state index contributed by atoms with van der Waals surface area (Å²) in [5.41, 5.74) is 5.73. The third kappa shape index (κ3) is 6.30. The number of ether oxygens (including phenoxy) is 2.